The number of nitrogens with one attached hydrogen (secondary N) is 2. The Balaban J connectivity index is 2.05. The third-order valence-corrected chi connectivity index (χ3v) is 3.23. The van der Waals surface area contributed by atoms with Crippen LogP contribution in [0.4, 0.5) is 0 Å². The standard InChI is InChI=1S/C15H23N3O/c1-4-16-15(18-13-5-6-13)17-9-12-7-10(2)14(19)11(3)8-12/h7-8,13,19H,4-6,9H2,1-3H3,(H2,16,17,18). The van der Waals surface area contributed by atoms with Gasteiger partial charge in [-0.15, -0.1) is 0 Å². The van der Waals surface area contributed by atoms with Gasteiger partial charge >= 0.3 is 0 Å². The van der Waals surface area contributed by atoms with Crippen molar-refractivity contribution in [2.24, 2.45) is 4.99 Å². The minimum Gasteiger partial charge on any atom is -0.507 e. The third kappa shape index (κ3) is 3.88. The van der Waals surface area contributed by atoms with E-state index in [-0.39, 0.29) is 0 Å². The van der Waals surface area contributed by atoms with Gasteiger partial charge in [-0.2, -0.15) is 0 Å². The van der Waals surface area contributed by atoms with Gasteiger partial charge in [0.25, 0.3) is 0 Å². The number of hydrogen-bond donors (Lipinski definition) is 3. The van der Waals surface area contributed by atoms with Crippen molar-refractivity contribution in [1.82, 2.24) is 10.6 Å². The molecular formula is C15H23N3O. The number of aromatic hydroxyl groups is 1. The molecule has 4 nitrogen and oxygen atoms in total. The van der Waals surface area contributed by atoms with E-state index in [2.05, 4.69) is 22.5 Å². The molecule has 0 aliphatic heterocycles. The van der Waals surface area contributed by atoms with Crippen LogP contribution in [0, 0.1) is 13.8 Å². The van der Waals surface area contributed by atoms with Crippen LogP contribution in [-0.4, -0.2) is 23.7 Å². The number of guanidine groups is 1. The van der Waals surface area contributed by atoms with Gasteiger partial charge in [-0.1, -0.05) is 12.1 Å². The summed E-state index contributed by atoms with van der Waals surface area (Å²) in [6.45, 7) is 7.40. The molecule has 0 heterocycles. The Hall–Kier alpha value is -1.71. The molecule has 0 unspecified atom stereocenters. The summed E-state index contributed by atoms with van der Waals surface area (Å²) in [5.74, 6) is 1.27. The molecule has 0 saturated heterocycles. The first kappa shape index (κ1) is 13.7. The number of hydrogen-bond acceptors (Lipinski definition) is 2. The van der Waals surface area contributed by atoms with E-state index in [1.807, 2.05) is 26.0 Å². The number of nitrogens with zero attached hydrogens (tertiary/aromatic N) is 1. The Kier molecular flexibility index (Phi) is 4.30. The minimum absolute atomic E-state index is 0.385. The van der Waals surface area contributed by atoms with Crippen LogP contribution in [0.3, 0.4) is 0 Å². The van der Waals surface area contributed by atoms with E-state index in [0.717, 1.165) is 29.2 Å². The van der Waals surface area contributed by atoms with Crippen LogP contribution in [0.2, 0.25) is 0 Å². The Labute approximate surface area is 114 Å². The Morgan fingerprint density at radius 3 is 2.47 bits per heavy atom. The summed E-state index contributed by atoms with van der Waals surface area (Å²) in [6.07, 6.45) is 2.48. The number of benzene rings is 1. The molecule has 0 radical (unpaired) electrons. The van der Waals surface area contributed by atoms with Gasteiger partial charge in [0.05, 0.1) is 6.54 Å². The van der Waals surface area contributed by atoms with Gasteiger partial charge in [0, 0.05) is 12.6 Å². The normalized spacial score (nSPS) is 15.4. The Morgan fingerprint density at radius 2 is 1.95 bits per heavy atom. The summed E-state index contributed by atoms with van der Waals surface area (Å²) in [7, 11) is 0. The van der Waals surface area contributed by atoms with Crippen LogP contribution in [0.15, 0.2) is 17.1 Å². The van der Waals surface area contributed by atoms with E-state index < -0.39 is 0 Å². The van der Waals surface area contributed by atoms with Crippen molar-refractivity contribution >= 4 is 5.96 Å². The van der Waals surface area contributed by atoms with Crippen LogP contribution >= 0.6 is 0 Å². The first-order chi connectivity index (χ1) is 9.10. The third-order valence-electron chi connectivity index (χ3n) is 3.23. The highest BCUT2D eigenvalue weighted by Gasteiger charge is 2.22. The van der Waals surface area contributed by atoms with Crippen molar-refractivity contribution in [1.29, 1.82) is 0 Å². The summed E-state index contributed by atoms with van der Waals surface area (Å²) in [6, 6.07) is 4.58. The zero-order valence-electron chi connectivity index (χ0n) is 12.0. The summed E-state index contributed by atoms with van der Waals surface area (Å²) in [4.78, 5) is 4.59. The molecule has 0 aromatic heterocycles. The van der Waals surface area contributed by atoms with Crippen LogP contribution in [-0.2, 0) is 6.54 Å². The van der Waals surface area contributed by atoms with Gasteiger partial charge in [-0.05, 0) is 50.3 Å². The van der Waals surface area contributed by atoms with Gasteiger partial charge in [0.15, 0.2) is 5.96 Å². The Morgan fingerprint density at radius 1 is 1.32 bits per heavy atom. The molecule has 1 aliphatic carbocycles. The summed E-state index contributed by atoms with van der Waals surface area (Å²) in [5, 5.41) is 16.4. The molecule has 0 amide bonds. The van der Waals surface area contributed by atoms with Crippen molar-refractivity contribution < 1.29 is 5.11 Å². The molecular weight excluding hydrogens is 238 g/mol. The van der Waals surface area contributed by atoms with E-state index in [1.54, 1.807) is 0 Å². The van der Waals surface area contributed by atoms with E-state index in [0.29, 0.717) is 18.3 Å². The van der Waals surface area contributed by atoms with E-state index >= 15 is 0 Å². The van der Waals surface area contributed by atoms with Crippen molar-refractivity contribution in [2.75, 3.05) is 6.54 Å². The second-order valence-electron chi connectivity index (χ2n) is 5.19. The predicted octanol–water partition coefficient (Wildman–Crippen LogP) is 2.23. The van der Waals surface area contributed by atoms with Crippen molar-refractivity contribution in [3.8, 4) is 5.75 Å². The van der Waals surface area contributed by atoms with Gasteiger partial charge in [-0.3, -0.25) is 0 Å². The highest BCUT2D eigenvalue weighted by atomic mass is 16.3. The first-order valence-corrected chi connectivity index (χ1v) is 6.94. The Bertz CT molecular complexity index is 455. The molecule has 104 valence electrons. The molecule has 1 aromatic rings. The quantitative estimate of drug-likeness (QED) is 0.575. The maximum Gasteiger partial charge on any atom is 0.191 e. The highest BCUT2D eigenvalue weighted by molar-refractivity contribution is 5.80. The van der Waals surface area contributed by atoms with Gasteiger partial charge < -0.3 is 15.7 Å². The van der Waals surface area contributed by atoms with Gasteiger partial charge in [0.1, 0.15) is 5.75 Å². The number of aliphatic imine (C=N–C) groups is 1. The first-order valence-electron chi connectivity index (χ1n) is 6.94. The largest absolute Gasteiger partial charge is 0.507 e. The van der Waals surface area contributed by atoms with Crippen LogP contribution in [0.25, 0.3) is 0 Å². The molecule has 0 bridgehead atoms. The summed E-state index contributed by atoms with van der Waals surface area (Å²) in [5.41, 5.74) is 2.94. The second kappa shape index (κ2) is 5.95. The number of phenolic OH excluding ortho intramolecular Hbond substituents is 1. The lowest BCUT2D eigenvalue weighted by Gasteiger charge is -2.11. The zero-order chi connectivity index (χ0) is 13.8. The van der Waals surface area contributed by atoms with Gasteiger partial charge in [-0.25, -0.2) is 4.99 Å². The summed E-state index contributed by atoms with van der Waals surface area (Å²) < 4.78 is 0. The predicted molar refractivity (Wildman–Crippen MR) is 78.6 cm³/mol. The molecule has 2 rings (SSSR count). The molecule has 4 heteroatoms. The maximum absolute atomic E-state index is 9.76. The fourth-order valence-corrected chi connectivity index (χ4v) is 2.05. The lowest BCUT2D eigenvalue weighted by molar-refractivity contribution is 0.466. The molecule has 1 aromatic carbocycles. The molecule has 1 fully saturated rings. The highest BCUT2D eigenvalue weighted by Crippen LogP contribution is 2.23. The molecule has 1 saturated carbocycles. The van der Waals surface area contributed by atoms with E-state index in [1.165, 1.54) is 12.8 Å². The van der Waals surface area contributed by atoms with Gasteiger partial charge in [0.2, 0.25) is 0 Å². The second-order valence-corrected chi connectivity index (χ2v) is 5.19. The maximum atomic E-state index is 9.76. The van der Waals surface area contributed by atoms with Crippen molar-refractivity contribution in [2.45, 2.75) is 46.2 Å². The number of rotatable bonds is 4. The van der Waals surface area contributed by atoms with E-state index in [9.17, 15) is 5.11 Å². The van der Waals surface area contributed by atoms with Crippen LogP contribution < -0.4 is 10.6 Å². The lowest BCUT2D eigenvalue weighted by Crippen LogP contribution is -2.38. The number of phenols is 1. The monoisotopic (exact) mass is 261 g/mol. The SMILES string of the molecule is CCNC(=NCc1cc(C)c(O)c(C)c1)NC1CC1. The smallest absolute Gasteiger partial charge is 0.191 e. The minimum atomic E-state index is 0.385. The average molecular weight is 261 g/mol. The molecule has 0 atom stereocenters. The number of aryl methyl sites for hydroxylation is 2. The fourth-order valence-electron chi connectivity index (χ4n) is 2.05. The molecule has 3 N–H and O–H groups in total. The van der Waals surface area contributed by atoms with Crippen molar-refractivity contribution in [3.05, 3.63) is 28.8 Å². The topological polar surface area (TPSA) is 56.7 Å². The average Bonchev–Trinajstić information content (AvgIpc) is 3.17. The van der Waals surface area contributed by atoms with Crippen LogP contribution in [0.5, 0.6) is 5.75 Å². The van der Waals surface area contributed by atoms with E-state index in [4.69, 9.17) is 0 Å². The molecule has 1 aliphatic rings. The van der Waals surface area contributed by atoms with Crippen molar-refractivity contribution in [3.63, 3.8) is 0 Å². The summed E-state index contributed by atoms with van der Waals surface area (Å²) >= 11 is 0. The van der Waals surface area contributed by atoms with Crippen LogP contribution in [0.1, 0.15) is 36.5 Å². The molecule has 0 spiro atoms. The molecule has 19 heavy (non-hydrogen) atoms. The lowest BCUT2D eigenvalue weighted by atomic mass is 10.1. The fraction of sp³-hybridized carbons (Fsp3) is 0.533. The zero-order valence-corrected chi connectivity index (χ0v) is 12.0.